The third-order valence-electron chi connectivity index (χ3n) is 5.66. The molecular formula is C24H27N5O2. The molecule has 2 aromatic carbocycles. The van der Waals surface area contributed by atoms with Crippen molar-refractivity contribution in [3.63, 3.8) is 0 Å². The zero-order chi connectivity index (χ0) is 21.6. The van der Waals surface area contributed by atoms with Crippen molar-refractivity contribution in [3.8, 4) is 5.69 Å². The summed E-state index contributed by atoms with van der Waals surface area (Å²) in [4.78, 5) is 31.3. The van der Waals surface area contributed by atoms with Crippen LogP contribution in [0.5, 0.6) is 0 Å². The molecule has 1 aromatic heterocycles. The van der Waals surface area contributed by atoms with Gasteiger partial charge in [0.25, 0.3) is 0 Å². The van der Waals surface area contributed by atoms with E-state index in [2.05, 4.69) is 15.6 Å². The largest absolute Gasteiger partial charge is 0.349 e. The highest BCUT2D eigenvalue weighted by molar-refractivity contribution is 5.90. The maximum Gasteiger partial charge on any atom is 0.321 e. The number of likely N-dealkylation sites (tertiary alicyclic amines) is 1. The number of anilines is 1. The molecule has 1 aliphatic rings. The lowest BCUT2D eigenvalue weighted by atomic mass is 9.96. The first-order valence-corrected chi connectivity index (χ1v) is 10.6. The van der Waals surface area contributed by atoms with Crippen LogP contribution < -0.4 is 10.6 Å². The number of hydrogen-bond acceptors (Lipinski definition) is 3. The first-order chi connectivity index (χ1) is 15.1. The summed E-state index contributed by atoms with van der Waals surface area (Å²) in [5.74, 6) is -0.216. The van der Waals surface area contributed by atoms with Gasteiger partial charge in [0.1, 0.15) is 0 Å². The van der Waals surface area contributed by atoms with Crippen LogP contribution in [0.2, 0.25) is 0 Å². The van der Waals surface area contributed by atoms with Crippen molar-refractivity contribution in [2.45, 2.75) is 25.8 Å². The molecule has 2 atom stereocenters. The highest BCUT2D eigenvalue weighted by atomic mass is 16.2. The van der Waals surface area contributed by atoms with Crippen molar-refractivity contribution in [1.29, 1.82) is 0 Å². The van der Waals surface area contributed by atoms with Crippen molar-refractivity contribution < 1.29 is 9.59 Å². The maximum absolute atomic E-state index is 12.9. The maximum atomic E-state index is 12.9. The molecule has 0 spiro atoms. The fraction of sp³-hybridized carbons (Fsp3) is 0.292. The van der Waals surface area contributed by atoms with E-state index in [-0.39, 0.29) is 23.9 Å². The summed E-state index contributed by atoms with van der Waals surface area (Å²) in [6, 6.07) is 17.1. The SMILES string of the molecule is C[C@H](NC(=O)[C@H]1CCCN(C(=O)Nc2ccccc2)C1)c1ccc(-n2ccnc2)cc1. The first-order valence-electron chi connectivity index (χ1n) is 10.6. The zero-order valence-corrected chi connectivity index (χ0v) is 17.6. The van der Waals surface area contributed by atoms with E-state index in [0.717, 1.165) is 29.8 Å². The number of aromatic nitrogens is 2. The minimum Gasteiger partial charge on any atom is -0.349 e. The van der Waals surface area contributed by atoms with E-state index in [1.54, 1.807) is 17.4 Å². The van der Waals surface area contributed by atoms with E-state index in [4.69, 9.17) is 0 Å². The van der Waals surface area contributed by atoms with Gasteiger partial charge >= 0.3 is 6.03 Å². The molecule has 2 N–H and O–H groups in total. The van der Waals surface area contributed by atoms with Gasteiger partial charge in [0.05, 0.1) is 18.3 Å². The molecular weight excluding hydrogens is 390 g/mol. The number of nitrogens with zero attached hydrogens (tertiary/aromatic N) is 3. The number of carbonyl (C=O) groups is 2. The van der Waals surface area contributed by atoms with E-state index < -0.39 is 0 Å². The fourth-order valence-corrected chi connectivity index (χ4v) is 3.86. The molecule has 3 aromatic rings. The average Bonchev–Trinajstić information content (AvgIpc) is 3.35. The number of amides is 3. The van der Waals surface area contributed by atoms with Crippen molar-refractivity contribution in [1.82, 2.24) is 19.8 Å². The minimum atomic E-state index is -0.206. The van der Waals surface area contributed by atoms with Crippen molar-refractivity contribution in [2.24, 2.45) is 5.92 Å². The molecule has 2 heterocycles. The Bertz CT molecular complexity index is 1000. The second-order valence-corrected chi connectivity index (χ2v) is 7.87. The van der Waals surface area contributed by atoms with E-state index in [1.165, 1.54) is 0 Å². The molecule has 0 radical (unpaired) electrons. The van der Waals surface area contributed by atoms with Crippen LogP contribution >= 0.6 is 0 Å². The summed E-state index contributed by atoms with van der Waals surface area (Å²) < 4.78 is 1.93. The fourth-order valence-electron chi connectivity index (χ4n) is 3.86. The number of para-hydroxylation sites is 1. The first kappa shape index (κ1) is 20.7. The standard InChI is InChI=1S/C24H27N5O2/c1-18(19-9-11-22(12-10-19)29-15-13-25-17-29)26-23(30)20-6-5-14-28(16-20)24(31)27-21-7-3-2-4-8-21/h2-4,7-13,15,17-18,20H,5-6,14,16H2,1H3,(H,26,30)(H,27,31)/t18-,20-/m0/s1. The molecule has 3 amide bonds. The van der Waals surface area contributed by atoms with Crippen LogP contribution in [0.1, 0.15) is 31.4 Å². The van der Waals surface area contributed by atoms with Crippen LogP contribution in [0.3, 0.4) is 0 Å². The lowest BCUT2D eigenvalue weighted by Gasteiger charge is -2.32. The van der Waals surface area contributed by atoms with E-state index >= 15 is 0 Å². The average molecular weight is 418 g/mol. The van der Waals surface area contributed by atoms with Gasteiger partial charge in [-0.05, 0) is 49.6 Å². The number of rotatable bonds is 5. The molecule has 0 unspecified atom stereocenters. The van der Waals surface area contributed by atoms with Gasteiger partial charge in [-0.2, -0.15) is 0 Å². The van der Waals surface area contributed by atoms with Crippen LogP contribution in [0.25, 0.3) is 5.69 Å². The predicted molar refractivity (Wildman–Crippen MR) is 120 cm³/mol. The van der Waals surface area contributed by atoms with Gasteiger partial charge in [0.15, 0.2) is 0 Å². The number of benzene rings is 2. The molecule has 1 fully saturated rings. The van der Waals surface area contributed by atoms with Gasteiger partial charge in [0, 0.05) is 36.9 Å². The Kier molecular flexibility index (Phi) is 6.31. The number of piperidine rings is 1. The Hall–Kier alpha value is -3.61. The summed E-state index contributed by atoms with van der Waals surface area (Å²) in [5.41, 5.74) is 2.81. The monoisotopic (exact) mass is 417 g/mol. The van der Waals surface area contributed by atoms with E-state index in [9.17, 15) is 9.59 Å². The van der Waals surface area contributed by atoms with Gasteiger partial charge < -0.3 is 20.1 Å². The van der Waals surface area contributed by atoms with Gasteiger partial charge in [0.2, 0.25) is 5.91 Å². The Labute approximate surface area is 182 Å². The van der Waals surface area contributed by atoms with E-state index in [0.29, 0.717) is 13.1 Å². The lowest BCUT2D eigenvalue weighted by Crippen LogP contribution is -2.47. The van der Waals surface area contributed by atoms with Crippen LogP contribution in [-0.4, -0.2) is 39.5 Å². The van der Waals surface area contributed by atoms with Crippen molar-refractivity contribution >= 4 is 17.6 Å². The van der Waals surface area contributed by atoms with Gasteiger partial charge in [-0.3, -0.25) is 4.79 Å². The number of hydrogen-bond donors (Lipinski definition) is 2. The Morgan fingerprint density at radius 2 is 1.87 bits per heavy atom. The van der Waals surface area contributed by atoms with Gasteiger partial charge in [-0.15, -0.1) is 0 Å². The number of carbonyl (C=O) groups excluding carboxylic acids is 2. The Balaban J connectivity index is 1.32. The highest BCUT2D eigenvalue weighted by Gasteiger charge is 2.29. The summed E-state index contributed by atoms with van der Waals surface area (Å²) in [6.45, 7) is 3.07. The molecule has 31 heavy (non-hydrogen) atoms. The second-order valence-electron chi connectivity index (χ2n) is 7.87. The molecule has 7 nitrogen and oxygen atoms in total. The molecule has 160 valence electrons. The van der Waals surface area contributed by atoms with Crippen molar-refractivity contribution in [2.75, 3.05) is 18.4 Å². The third-order valence-corrected chi connectivity index (χ3v) is 5.66. The summed E-state index contributed by atoms with van der Waals surface area (Å²) in [7, 11) is 0. The van der Waals surface area contributed by atoms with Crippen LogP contribution in [0, 0.1) is 5.92 Å². The number of imidazole rings is 1. The molecule has 1 aliphatic heterocycles. The molecule has 0 saturated carbocycles. The molecule has 1 saturated heterocycles. The Morgan fingerprint density at radius 3 is 2.58 bits per heavy atom. The van der Waals surface area contributed by atoms with Crippen molar-refractivity contribution in [3.05, 3.63) is 78.9 Å². The van der Waals surface area contributed by atoms with Crippen LogP contribution in [-0.2, 0) is 4.79 Å². The topological polar surface area (TPSA) is 79.3 Å². The summed E-state index contributed by atoms with van der Waals surface area (Å²) in [6.07, 6.45) is 6.98. The molecule has 0 bridgehead atoms. The quantitative estimate of drug-likeness (QED) is 0.659. The van der Waals surface area contributed by atoms with E-state index in [1.807, 2.05) is 72.3 Å². The van der Waals surface area contributed by atoms with Crippen LogP contribution in [0.15, 0.2) is 73.3 Å². The molecule has 0 aliphatic carbocycles. The predicted octanol–water partition coefficient (Wildman–Crippen LogP) is 3.99. The Morgan fingerprint density at radius 1 is 1.10 bits per heavy atom. The molecule has 4 rings (SSSR count). The number of nitrogens with one attached hydrogen (secondary N) is 2. The van der Waals surface area contributed by atoms with Crippen LogP contribution in [0.4, 0.5) is 10.5 Å². The number of urea groups is 1. The van der Waals surface area contributed by atoms with Gasteiger partial charge in [-0.1, -0.05) is 30.3 Å². The molecule has 7 heteroatoms. The summed E-state index contributed by atoms with van der Waals surface area (Å²) >= 11 is 0. The minimum absolute atomic E-state index is 0.0107. The normalized spacial score (nSPS) is 17.1. The second kappa shape index (κ2) is 9.47. The zero-order valence-electron chi connectivity index (χ0n) is 17.6. The van der Waals surface area contributed by atoms with Gasteiger partial charge in [-0.25, -0.2) is 9.78 Å². The smallest absolute Gasteiger partial charge is 0.321 e. The lowest BCUT2D eigenvalue weighted by molar-refractivity contribution is -0.126. The highest BCUT2D eigenvalue weighted by Crippen LogP contribution is 2.21. The summed E-state index contributed by atoms with van der Waals surface area (Å²) in [5, 5.41) is 6.02. The third kappa shape index (κ3) is 5.12.